The Balaban J connectivity index is 0.000001000. The Hall–Kier alpha value is -1.77. The maximum Gasteiger partial charge on any atom is 0.114 e. The number of para-hydroxylation sites is 1. The topological polar surface area (TPSA) is 30.2 Å². The Kier molecular flexibility index (Phi) is 2.62. The quantitative estimate of drug-likeness (QED) is 0.330. The van der Waals surface area contributed by atoms with Crippen molar-refractivity contribution in [2.45, 2.75) is 0 Å². The third kappa shape index (κ3) is 1.40. The van der Waals surface area contributed by atoms with Crippen LogP contribution in [-0.2, 0) is 20.1 Å². The minimum Gasteiger partial charge on any atom is -0.323 e. The van der Waals surface area contributed by atoms with Gasteiger partial charge in [0, 0.05) is 25.6 Å². The first-order chi connectivity index (χ1) is 8.45. The van der Waals surface area contributed by atoms with E-state index in [9.17, 15) is 0 Å². The molecule has 0 aliphatic rings. The van der Waals surface area contributed by atoms with Crippen molar-refractivity contribution in [3.05, 3.63) is 54.9 Å². The third-order valence-electron chi connectivity index (χ3n) is 3.08. The summed E-state index contributed by atoms with van der Waals surface area (Å²) in [7, 11) is 0. The van der Waals surface area contributed by atoms with Gasteiger partial charge in [-0.1, -0.05) is 29.0 Å². The van der Waals surface area contributed by atoms with Crippen LogP contribution in [0.4, 0.5) is 0 Å². The Labute approximate surface area is 117 Å². The molecule has 0 bridgehead atoms. The second-order valence-electron chi connectivity index (χ2n) is 4.00. The number of benzene rings is 2. The largest absolute Gasteiger partial charge is 0.323 e. The zero-order valence-electron chi connectivity index (χ0n) is 9.29. The Morgan fingerprint density at radius 1 is 1.00 bits per heavy atom. The summed E-state index contributed by atoms with van der Waals surface area (Å²) >= 11 is 0. The van der Waals surface area contributed by atoms with Crippen molar-refractivity contribution < 1.29 is 20.1 Å². The van der Waals surface area contributed by atoms with Gasteiger partial charge in [-0.25, -0.2) is 0 Å². The van der Waals surface area contributed by atoms with Crippen molar-refractivity contribution >= 4 is 27.3 Å². The van der Waals surface area contributed by atoms with Gasteiger partial charge in [-0.2, -0.15) is 5.10 Å². The van der Waals surface area contributed by atoms with Gasteiger partial charge in [-0.3, -0.25) is 0 Å². The molecular formula is C14H8IrN3-. The number of aromatic nitrogens is 3. The van der Waals surface area contributed by atoms with Crippen LogP contribution in [0.5, 0.6) is 0 Å². The van der Waals surface area contributed by atoms with E-state index in [1.807, 2.05) is 28.7 Å². The number of pyridine rings is 1. The summed E-state index contributed by atoms with van der Waals surface area (Å²) in [6, 6.07) is 17.5. The van der Waals surface area contributed by atoms with E-state index in [0.717, 1.165) is 16.6 Å². The third-order valence-corrected chi connectivity index (χ3v) is 3.08. The predicted molar refractivity (Wildman–Crippen MR) is 66.8 cm³/mol. The van der Waals surface area contributed by atoms with Crippen LogP contribution < -0.4 is 0 Å². The molecule has 18 heavy (non-hydrogen) atoms. The van der Waals surface area contributed by atoms with Crippen molar-refractivity contribution in [1.29, 1.82) is 0 Å². The fourth-order valence-corrected chi connectivity index (χ4v) is 2.34. The monoisotopic (exact) mass is 411 g/mol. The van der Waals surface area contributed by atoms with Crippen LogP contribution in [-0.4, -0.2) is 14.6 Å². The molecule has 2 heterocycles. The fraction of sp³-hybridized carbons (Fsp3) is 0. The molecule has 0 saturated carbocycles. The molecule has 89 valence electrons. The average molecular weight is 410 g/mol. The molecule has 0 unspecified atom stereocenters. The van der Waals surface area contributed by atoms with Crippen LogP contribution in [0, 0.1) is 6.07 Å². The van der Waals surface area contributed by atoms with Gasteiger partial charge in [0.2, 0.25) is 0 Å². The summed E-state index contributed by atoms with van der Waals surface area (Å²) in [5.41, 5.74) is 1.99. The van der Waals surface area contributed by atoms with Crippen LogP contribution >= 0.6 is 0 Å². The zero-order chi connectivity index (χ0) is 11.2. The average Bonchev–Trinajstić information content (AvgIpc) is 2.89. The number of rotatable bonds is 0. The van der Waals surface area contributed by atoms with Crippen LogP contribution in [0.15, 0.2) is 48.8 Å². The minimum atomic E-state index is 0. The molecule has 2 aromatic carbocycles. The van der Waals surface area contributed by atoms with Gasteiger partial charge in [-0.15, -0.1) is 29.4 Å². The van der Waals surface area contributed by atoms with Crippen molar-refractivity contribution in [1.82, 2.24) is 14.6 Å². The van der Waals surface area contributed by atoms with E-state index in [1.54, 1.807) is 6.33 Å². The molecule has 0 amide bonds. The molecule has 0 spiro atoms. The van der Waals surface area contributed by atoms with Crippen LogP contribution in [0.3, 0.4) is 0 Å². The van der Waals surface area contributed by atoms with Crippen molar-refractivity contribution in [3.63, 3.8) is 0 Å². The standard InChI is InChI=1S/C14H8N3.Ir/c1-2-7-12-10(5-1)11-6-3-4-8-13(11)17-9-15-16-14(12)17;/h1-6,8-9H;/q-1;. The number of hydrogen-bond donors (Lipinski definition) is 0. The van der Waals surface area contributed by atoms with Crippen LogP contribution in [0.1, 0.15) is 0 Å². The van der Waals surface area contributed by atoms with Gasteiger partial charge in [0.25, 0.3) is 0 Å². The molecule has 4 heteroatoms. The zero-order valence-corrected chi connectivity index (χ0v) is 11.7. The van der Waals surface area contributed by atoms with Gasteiger partial charge in [0.15, 0.2) is 0 Å². The Morgan fingerprint density at radius 3 is 2.78 bits per heavy atom. The van der Waals surface area contributed by atoms with Gasteiger partial charge in [-0.05, 0) is 11.5 Å². The first-order valence-corrected chi connectivity index (χ1v) is 5.46. The van der Waals surface area contributed by atoms with E-state index >= 15 is 0 Å². The van der Waals surface area contributed by atoms with Crippen LogP contribution in [0.2, 0.25) is 0 Å². The van der Waals surface area contributed by atoms with Crippen molar-refractivity contribution in [2.75, 3.05) is 0 Å². The van der Waals surface area contributed by atoms with E-state index in [1.165, 1.54) is 10.8 Å². The summed E-state index contributed by atoms with van der Waals surface area (Å²) in [6.07, 6.45) is 1.75. The van der Waals surface area contributed by atoms with Gasteiger partial charge in [0.05, 0.1) is 5.65 Å². The molecule has 3 nitrogen and oxygen atoms in total. The molecule has 1 radical (unpaired) electrons. The van der Waals surface area contributed by atoms with E-state index < -0.39 is 0 Å². The molecule has 0 aliphatic heterocycles. The van der Waals surface area contributed by atoms with E-state index in [0.29, 0.717) is 0 Å². The molecule has 0 fully saturated rings. The second-order valence-corrected chi connectivity index (χ2v) is 4.00. The molecule has 2 aromatic heterocycles. The fourth-order valence-electron chi connectivity index (χ4n) is 2.34. The summed E-state index contributed by atoms with van der Waals surface area (Å²) in [5.74, 6) is 0. The maximum absolute atomic E-state index is 4.18. The number of nitrogens with zero attached hydrogens (tertiary/aromatic N) is 3. The summed E-state index contributed by atoms with van der Waals surface area (Å²) in [6.45, 7) is 0. The maximum atomic E-state index is 4.18. The predicted octanol–water partition coefficient (Wildman–Crippen LogP) is 2.83. The van der Waals surface area contributed by atoms with Crippen LogP contribution in [0.25, 0.3) is 27.3 Å². The van der Waals surface area contributed by atoms with Gasteiger partial charge < -0.3 is 4.40 Å². The Bertz CT molecular complexity index is 781. The van der Waals surface area contributed by atoms with Gasteiger partial charge >= 0.3 is 0 Å². The summed E-state index contributed by atoms with van der Waals surface area (Å²) < 4.78 is 2.01. The van der Waals surface area contributed by atoms with Crippen molar-refractivity contribution in [3.8, 4) is 0 Å². The Morgan fingerprint density at radius 2 is 1.83 bits per heavy atom. The normalized spacial score (nSPS) is 10.9. The second kappa shape index (κ2) is 4.16. The summed E-state index contributed by atoms with van der Waals surface area (Å²) in [5, 5.41) is 11.6. The minimum absolute atomic E-state index is 0. The summed E-state index contributed by atoms with van der Waals surface area (Å²) in [4.78, 5) is 0. The first-order valence-electron chi connectivity index (χ1n) is 5.46. The number of hydrogen-bond acceptors (Lipinski definition) is 2. The molecule has 4 rings (SSSR count). The molecule has 0 N–H and O–H groups in total. The molecular weight excluding hydrogens is 402 g/mol. The molecule has 0 saturated heterocycles. The van der Waals surface area contributed by atoms with Crippen molar-refractivity contribution in [2.24, 2.45) is 0 Å². The molecule has 0 atom stereocenters. The van der Waals surface area contributed by atoms with E-state index in [-0.39, 0.29) is 20.1 Å². The van der Waals surface area contributed by atoms with Gasteiger partial charge in [0.1, 0.15) is 6.33 Å². The SMILES string of the molecule is [Ir].[c-]1cccc2c1c1nncn1c1ccccc21. The van der Waals surface area contributed by atoms with E-state index in [4.69, 9.17) is 0 Å². The molecule has 4 aromatic rings. The smallest absolute Gasteiger partial charge is 0.114 e. The van der Waals surface area contributed by atoms with E-state index in [2.05, 4.69) is 34.5 Å². The number of fused-ring (bicyclic) bond motifs is 6. The molecule has 0 aliphatic carbocycles. The first kappa shape index (κ1) is 11.3.